The van der Waals surface area contributed by atoms with Gasteiger partial charge in [-0.2, -0.15) is 0 Å². The maximum atomic E-state index is 14.1. The van der Waals surface area contributed by atoms with Crippen molar-refractivity contribution in [3.05, 3.63) is 47.0 Å². The quantitative estimate of drug-likeness (QED) is 0.660. The van der Waals surface area contributed by atoms with Gasteiger partial charge in [-0.25, -0.2) is 4.90 Å². The third kappa shape index (κ3) is 2.20. The van der Waals surface area contributed by atoms with Crippen molar-refractivity contribution in [2.75, 3.05) is 30.0 Å². The number of imide groups is 1. The molecule has 174 valence electrons. The number of amides is 3. The second-order valence-corrected chi connectivity index (χ2v) is 9.90. The summed E-state index contributed by atoms with van der Waals surface area (Å²) in [6, 6.07) is 8.99. The molecule has 5 heterocycles. The molecule has 3 saturated heterocycles. The fraction of sp³-hybridized carbons (Fsp3) is 0.423. The monoisotopic (exact) mass is 459 g/mol. The minimum absolute atomic E-state index is 0.137. The molecule has 0 bridgehead atoms. The van der Waals surface area contributed by atoms with Gasteiger partial charge in [0.15, 0.2) is 11.5 Å². The number of carbonyl (C=O) groups excluding carboxylic acids is 3. The van der Waals surface area contributed by atoms with E-state index < -0.39 is 17.4 Å². The van der Waals surface area contributed by atoms with Gasteiger partial charge in [-0.1, -0.05) is 12.1 Å². The Morgan fingerprint density at radius 2 is 1.79 bits per heavy atom. The number of fused-ring (bicyclic) bond motifs is 8. The molecule has 7 rings (SSSR count). The first-order valence-electron chi connectivity index (χ1n) is 11.9. The largest absolute Gasteiger partial charge is 0.486 e. The van der Waals surface area contributed by atoms with Crippen LogP contribution >= 0.6 is 0 Å². The van der Waals surface area contributed by atoms with Crippen LogP contribution in [0.2, 0.25) is 0 Å². The zero-order valence-corrected chi connectivity index (χ0v) is 19.1. The fourth-order valence-corrected chi connectivity index (χ4v) is 6.95. The van der Waals surface area contributed by atoms with Crippen molar-refractivity contribution in [2.45, 2.75) is 38.3 Å². The molecule has 3 fully saturated rings. The lowest BCUT2D eigenvalue weighted by Crippen LogP contribution is -2.54. The lowest BCUT2D eigenvalue weighted by molar-refractivity contribution is -0.135. The highest BCUT2D eigenvalue weighted by Crippen LogP contribution is 2.61. The minimum Gasteiger partial charge on any atom is -0.486 e. The van der Waals surface area contributed by atoms with Gasteiger partial charge in [0.05, 0.1) is 17.5 Å². The van der Waals surface area contributed by atoms with Crippen molar-refractivity contribution >= 4 is 29.1 Å². The third-order valence-corrected chi connectivity index (χ3v) is 8.48. The molecule has 5 aliphatic rings. The van der Waals surface area contributed by atoms with E-state index in [0.717, 1.165) is 35.2 Å². The number of rotatable bonds is 1. The van der Waals surface area contributed by atoms with E-state index >= 15 is 0 Å². The molecular weight excluding hydrogens is 434 g/mol. The molecule has 0 aliphatic carbocycles. The Hall–Kier alpha value is -3.39. The Balaban J connectivity index is 1.39. The van der Waals surface area contributed by atoms with Crippen LogP contribution in [0.25, 0.3) is 0 Å². The Morgan fingerprint density at radius 3 is 2.62 bits per heavy atom. The molecule has 8 heteroatoms. The minimum atomic E-state index is -1.16. The summed E-state index contributed by atoms with van der Waals surface area (Å²) in [7, 11) is 0. The summed E-state index contributed by atoms with van der Waals surface area (Å²) in [5.41, 5.74) is 3.00. The number of hydrogen-bond acceptors (Lipinski definition) is 6. The van der Waals surface area contributed by atoms with Crippen molar-refractivity contribution in [3.63, 3.8) is 0 Å². The Labute approximate surface area is 196 Å². The highest BCUT2D eigenvalue weighted by molar-refractivity contribution is 6.26. The van der Waals surface area contributed by atoms with E-state index in [1.165, 1.54) is 4.90 Å². The summed E-state index contributed by atoms with van der Waals surface area (Å²) >= 11 is 0. The molecule has 1 N–H and O–H groups in total. The number of ether oxygens (including phenoxy) is 2. The van der Waals surface area contributed by atoms with Gasteiger partial charge in [-0.15, -0.1) is 0 Å². The number of aryl methyl sites for hydroxylation is 1. The second-order valence-electron chi connectivity index (χ2n) is 9.90. The van der Waals surface area contributed by atoms with Gasteiger partial charge in [0, 0.05) is 23.4 Å². The average Bonchev–Trinajstić information content (AvgIpc) is 3.55. The van der Waals surface area contributed by atoms with Crippen molar-refractivity contribution in [1.82, 2.24) is 4.90 Å². The van der Waals surface area contributed by atoms with Crippen LogP contribution < -0.4 is 19.7 Å². The van der Waals surface area contributed by atoms with E-state index in [1.54, 1.807) is 18.2 Å². The van der Waals surface area contributed by atoms with Crippen LogP contribution in [0.3, 0.4) is 0 Å². The lowest BCUT2D eigenvalue weighted by atomic mass is 9.75. The summed E-state index contributed by atoms with van der Waals surface area (Å²) in [5, 5.41) is 3.10. The molecule has 5 aliphatic heterocycles. The van der Waals surface area contributed by atoms with E-state index in [0.29, 0.717) is 36.9 Å². The van der Waals surface area contributed by atoms with Crippen molar-refractivity contribution in [1.29, 1.82) is 0 Å². The van der Waals surface area contributed by atoms with E-state index in [9.17, 15) is 14.4 Å². The first-order valence-corrected chi connectivity index (χ1v) is 11.9. The van der Waals surface area contributed by atoms with Gasteiger partial charge in [0.25, 0.3) is 0 Å². The Kier molecular flexibility index (Phi) is 3.89. The highest BCUT2D eigenvalue weighted by Gasteiger charge is 2.74. The number of anilines is 2. The first-order chi connectivity index (χ1) is 16.4. The number of hydrogen-bond donors (Lipinski definition) is 1. The molecule has 34 heavy (non-hydrogen) atoms. The highest BCUT2D eigenvalue weighted by atomic mass is 16.6. The van der Waals surface area contributed by atoms with Gasteiger partial charge in [-0.3, -0.25) is 19.3 Å². The van der Waals surface area contributed by atoms with Crippen LogP contribution in [0.4, 0.5) is 11.4 Å². The molecule has 0 saturated carbocycles. The van der Waals surface area contributed by atoms with Crippen LogP contribution in [-0.2, 0) is 19.9 Å². The van der Waals surface area contributed by atoms with Gasteiger partial charge in [-0.05, 0) is 56.5 Å². The molecule has 1 spiro atoms. The van der Waals surface area contributed by atoms with E-state index in [-0.39, 0.29) is 23.8 Å². The predicted molar refractivity (Wildman–Crippen MR) is 123 cm³/mol. The molecule has 0 aromatic heterocycles. The van der Waals surface area contributed by atoms with Gasteiger partial charge in [0.2, 0.25) is 17.7 Å². The van der Waals surface area contributed by atoms with Crippen LogP contribution in [0, 0.1) is 25.7 Å². The first kappa shape index (κ1) is 20.0. The number of benzene rings is 2. The zero-order chi connectivity index (χ0) is 23.4. The molecule has 0 radical (unpaired) electrons. The summed E-state index contributed by atoms with van der Waals surface area (Å²) in [6.45, 7) is 5.58. The number of nitrogens with zero attached hydrogens (tertiary/aromatic N) is 2. The van der Waals surface area contributed by atoms with Gasteiger partial charge in [0.1, 0.15) is 18.8 Å². The second kappa shape index (κ2) is 6.60. The number of carbonyl (C=O) groups is 3. The van der Waals surface area contributed by atoms with Crippen LogP contribution in [0.15, 0.2) is 30.3 Å². The molecule has 2 aromatic rings. The lowest BCUT2D eigenvalue weighted by Gasteiger charge is -2.36. The topological polar surface area (TPSA) is 88.2 Å². The maximum absolute atomic E-state index is 14.1. The smallest absolute Gasteiger partial charge is 0.250 e. The van der Waals surface area contributed by atoms with E-state index in [4.69, 9.17) is 9.47 Å². The van der Waals surface area contributed by atoms with Gasteiger partial charge < -0.3 is 14.8 Å². The average molecular weight is 460 g/mol. The summed E-state index contributed by atoms with van der Waals surface area (Å²) < 4.78 is 11.3. The van der Waals surface area contributed by atoms with Crippen molar-refractivity contribution < 1.29 is 23.9 Å². The van der Waals surface area contributed by atoms with Crippen LogP contribution in [0.5, 0.6) is 11.5 Å². The summed E-state index contributed by atoms with van der Waals surface area (Å²) in [6.07, 6.45) is 1.69. The normalized spacial score (nSPS) is 31.2. The Morgan fingerprint density at radius 1 is 1.00 bits per heavy atom. The molecule has 4 unspecified atom stereocenters. The van der Waals surface area contributed by atoms with E-state index in [1.807, 2.05) is 26.0 Å². The summed E-state index contributed by atoms with van der Waals surface area (Å²) in [5.74, 6) is -0.937. The molecular formula is C26H25N3O5. The van der Waals surface area contributed by atoms with Crippen molar-refractivity contribution in [2.24, 2.45) is 11.8 Å². The van der Waals surface area contributed by atoms with Crippen LogP contribution in [-0.4, -0.2) is 48.4 Å². The van der Waals surface area contributed by atoms with E-state index in [2.05, 4.69) is 10.2 Å². The molecule has 8 nitrogen and oxygen atoms in total. The third-order valence-electron chi connectivity index (χ3n) is 8.48. The SMILES string of the molecule is Cc1ccc2c(c1C)NC(=O)C21C2C(=O)N(c3ccc4c(c3)OCCO4)C(=O)C2C2CCCN21. The fourth-order valence-electron chi connectivity index (χ4n) is 6.95. The van der Waals surface area contributed by atoms with Crippen molar-refractivity contribution in [3.8, 4) is 11.5 Å². The predicted octanol–water partition coefficient (Wildman–Crippen LogP) is 2.51. The molecule has 2 aromatic carbocycles. The van der Waals surface area contributed by atoms with Gasteiger partial charge >= 0.3 is 0 Å². The number of nitrogens with one attached hydrogen (secondary N) is 1. The Bertz CT molecular complexity index is 1310. The molecule has 3 amide bonds. The summed E-state index contributed by atoms with van der Waals surface area (Å²) in [4.78, 5) is 45.2. The maximum Gasteiger partial charge on any atom is 0.250 e. The standard InChI is InChI=1S/C26H25N3O5/c1-13-5-7-16-22(14(13)2)27-25(32)26(16)21-20(17-4-3-9-28(17)26)23(30)29(24(21)31)15-6-8-18-19(12-15)34-11-10-33-18/h5-8,12,17,20-21H,3-4,9-11H2,1-2H3,(H,27,32). The van der Waals surface area contributed by atoms with Crippen LogP contribution in [0.1, 0.15) is 29.5 Å². The molecule has 4 atom stereocenters. The zero-order valence-electron chi connectivity index (χ0n) is 19.1.